The normalized spacial score (nSPS) is 22.6. The van der Waals surface area contributed by atoms with E-state index in [1.807, 2.05) is 0 Å². The minimum Gasteiger partial charge on any atom is -0.350 e. The van der Waals surface area contributed by atoms with Crippen LogP contribution < -0.4 is 10.6 Å². The van der Waals surface area contributed by atoms with Gasteiger partial charge >= 0.3 is 0 Å². The fourth-order valence-corrected chi connectivity index (χ4v) is 2.55. The van der Waals surface area contributed by atoms with Crippen LogP contribution in [0.5, 0.6) is 0 Å². The fraction of sp³-hybridized carbons (Fsp3) is 0.923. The van der Waals surface area contributed by atoms with Gasteiger partial charge in [0.25, 0.3) is 0 Å². The first-order valence-electron chi connectivity index (χ1n) is 6.70. The summed E-state index contributed by atoms with van der Waals surface area (Å²) in [6.07, 6.45) is 8.80. The zero-order valence-electron chi connectivity index (χ0n) is 10.8. The number of carbonyl (C=O) groups is 1. The first kappa shape index (κ1) is 14.8. The smallest absolute Gasteiger partial charge is 0.234 e. The van der Waals surface area contributed by atoms with E-state index in [1.165, 1.54) is 32.1 Å². The molecular weight excluding hydrogens is 236 g/mol. The van der Waals surface area contributed by atoms with Crippen LogP contribution in [0, 0.1) is 5.92 Å². The topological polar surface area (TPSA) is 41.1 Å². The quantitative estimate of drug-likeness (QED) is 0.796. The molecule has 0 unspecified atom stereocenters. The van der Waals surface area contributed by atoms with Gasteiger partial charge in [0, 0.05) is 5.54 Å². The summed E-state index contributed by atoms with van der Waals surface area (Å²) in [6.45, 7) is 3.70. The van der Waals surface area contributed by atoms with Gasteiger partial charge in [-0.05, 0) is 45.1 Å². The van der Waals surface area contributed by atoms with Crippen LogP contribution in [0.2, 0.25) is 0 Å². The second-order valence-electron chi connectivity index (χ2n) is 5.74. The van der Waals surface area contributed by atoms with Crippen molar-refractivity contribution in [2.24, 2.45) is 5.92 Å². The van der Waals surface area contributed by atoms with Gasteiger partial charge in [0.05, 0.1) is 6.54 Å². The van der Waals surface area contributed by atoms with E-state index in [0.717, 1.165) is 25.3 Å². The molecule has 2 saturated carbocycles. The highest BCUT2D eigenvalue weighted by Crippen LogP contribution is 2.28. The Morgan fingerprint density at radius 3 is 2.47 bits per heavy atom. The average molecular weight is 261 g/mol. The first-order valence-corrected chi connectivity index (χ1v) is 6.70. The van der Waals surface area contributed by atoms with Gasteiger partial charge in [-0.2, -0.15) is 0 Å². The molecule has 1 amide bonds. The Morgan fingerprint density at radius 2 is 1.88 bits per heavy atom. The number of rotatable bonds is 5. The van der Waals surface area contributed by atoms with Crippen molar-refractivity contribution >= 4 is 18.3 Å². The standard InChI is InChI=1S/C13H24N2O.ClH/c1-13(7-3-2-4-8-13)15-12(16)10-14-9-11-5-6-11;/h11,14H,2-10H2,1H3,(H,15,16);1H. The van der Waals surface area contributed by atoms with Crippen molar-refractivity contribution in [3.8, 4) is 0 Å². The summed E-state index contributed by atoms with van der Waals surface area (Å²) in [7, 11) is 0. The minimum atomic E-state index is 0. The molecule has 0 radical (unpaired) electrons. The maximum atomic E-state index is 11.7. The van der Waals surface area contributed by atoms with E-state index in [-0.39, 0.29) is 23.9 Å². The molecule has 2 N–H and O–H groups in total. The van der Waals surface area contributed by atoms with Crippen LogP contribution in [-0.2, 0) is 4.79 Å². The maximum Gasteiger partial charge on any atom is 0.234 e. The Bertz CT molecular complexity index is 248. The Morgan fingerprint density at radius 1 is 1.24 bits per heavy atom. The van der Waals surface area contributed by atoms with E-state index < -0.39 is 0 Å². The van der Waals surface area contributed by atoms with Crippen LogP contribution in [-0.4, -0.2) is 24.5 Å². The Hall–Kier alpha value is -0.280. The molecule has 100 valence electrons. The Kier molecular flexibility index (Phi) is 5.74. The van der Waals surface area contributed by atoms with E-state index in [2.05, 4.69) is 17.6 Å². The van der Waals surface area contributed by atoms with Gasteiger partial charge in [0.15, 0.2) is 0 Å². The van der Waals surface area contributed by atoms with Gasteiger partial charge in [-0.1, -0.05) is 19.3 Å². The van der Waals surface area contributed by atoms with Crippen molar-refractivity contribution in [3.63, 3.8) is 0 Å². The molecule has 0 spiro atoms. The van der Waals surface area contributed by atoms with Crippen molar-refractivity contribution in [1.29, 1.82) is 0 Å². The predicted molar refractivity (Wildman–Crippen MR) is 72.5 cm³/mol. The Labute approximate surface area is 111 Å². The van der Waals surface area contributed by atoms with Gasteiger partial charge in [-0.15, -0.1) is 12.4 Å². The molecule has 2 aliphatic carbocycles. The third-order valence-corrected chi connectivity index (χ3v) is 3.81. The highest BCUT2D eigenvalue weighted by molar-refractivity contribution is 5.85. The van der Waals surface area contributed by atoms with Crippen molar-refractivity contribution in [2.75, 3.05) is 13.1 Å². The summed E-state index contributed by atoms with van der Waals surface area (Å²) < 4.78 is 0. The van der Waals surface area contributed by atoms with Crippen LogP contribution in [0.3, 0.4) is 0 Å². The zero-order valence-corrected chi connectivity index (χ0v) is 11.6. The monoisotopic (exact) mass is 260 g/mol. The average Bonchev–Trinajstić information content (AvgIpc) is 3.02. The molecule has 3 nitrogen and oxygen atoms in total. The third-order valence-electron chi connectivity index (χ3n) is 3.81. The van der Waals surface area contributed by atoms with Crippen LogP contribution in [0.25, 0.3) is 0 Å². The lowest BCUT2D eigenvalue weighted by Gasteiger charge is -2.34. The molecule has 0 aromatic rings. The molecule has 0 atom stereocenters. The molecule has 17 heavy (non-hydrogen) atoms. The SMILES string of the molecule is CC1(NC(=O)CNCC2CC2)CCCCC1.Cl. The van der Waals surface area contributed by atoms with E-state index in [4.69, 9.17) is 0 Å². The zero-order chi connectivity index (χ0) is 11.4. The van der Waals surface area contributed by atoms with Crippen molar-refractivity contribution in [2.45, 2.75) is 57.4 Å². The van der Waals surface area contributed by atoms with Crippen LogP contribution in [0.1, 0.15) is 51.9 Å². The number of carbonyl (C=O) groups excluding carboxylic acids is 1. The Balaban J connectivity index is 0.00000144. The molecule has 0 aromatic carbocycles. The molecule has 0 bridgehead atoms. The van der Waals surface area contributed by atoms with Gasteiger partial charge in [0.2, 0.25) is 5.91 Å². The number of amides is 1. The second kappa shape index (κ2) is 6.60. The van der Waals surface area contributed by atoms with Gasteiger partial charge in [-0.3, -0.25) is 4.79 Å². The lowest BCUT2D eigenvalue weighted by Crippen LogP contribution is -2.50. The molecule has 2 aliphatic rings. The van der Waals surface area contributed by atoms with Crippen molar-refractivity contribution < 1.29 is 4.79 Å². The van der Waals surface area contributed by atoms with E-state index in [0.29, 0.717) is 6.54 Å². The second-order valence-corrected chi connectivity index (χ2v) is 5.74. The molecule has 0 saturated heterocycles. The van der Waals surface area contributed by atoms with Crippen LogP contribution in [0.4, 0.5) is 0 Å². The lowest BCUT2D eigenvalue weighted by molar-refractivity contribution is -0.122. The van der Waals surface area contributed by atoms with E-state index in [9.17, 15) is 4.79 Å². The summed E-state index contributed by atoms with van der Waals surface area (Å²) in [4.78, 5) is 11.7. The summed E-state index contributed by atoms with van der Waals surface area (Å²) >= 11 is 0. The molecule has 0 heterocycles. The van der Waals surface area contributed by atoms with Crippen molar-refractivity contribution in [3.05, 3.63) is 0 Å². The minimum absolute atomic E-state index is 0. The third kappa shape index (κ3) is 5.26. The maximum absolute atomic E-state index is 11.7. The lowest BCUT2D eigenvalue weighted by atomic mass is 9.83. The van der Waals surface area contributed by atoms with E-state index >= 15 is 0 Å². The molecule has 2 rings (SSSR count). The largest absolute Gasteiger partial charge is 0.350 e. The molecule has 4 heteroatoms. The number of nitrogens with one attached hydrogen (secondary N) is 2. The summed E-state index contributed by atoms with van der Waals surface area (Å²) in [5.41, 5.74) is 0.0661. The van der Waals surface area contributed by atoms with E-state index in [1.54, 1.807) is 0 Å². The fourth-order valence-electron chi connectivity index (χ4n) is 2.55. The van der Waals surface area contributed by atoms with Crippen molar-refractivity contribution in [1.82, 2.24) is 10.6 Å². The number of hydrogen-bond acceptors (Lipinski definition) is 2. The summed E-state index contributed by atoms with van der Waals surface area (Å²) in [6, 6.07) is 0. The molecule has 0 aliphatic heterocycles. The predicted octanol–water partition coefficient (Wildman–Crippen LogP) is 2.25. The highest BCUT2D eigenvalue weighted by Gasteiger charge is 2.28. The number of halogens is 1. The van der Waals surface area contributed by atoms with Gasteiger partial charge < -0.3 is 10.6 Å². The molecular formula is C13H25ClN2O. The first-order chi connectivity index (χ1) is 7.68. The summed E-state index contributed by atoms with van der Waals surface area (Å²) in [5, 5.41) is 6.43. The van der Waals surface area contributed by atoms with Gasteiger partial charge in [0.1, 0.15) is 0 Å². The highest BCUT2D eigenvalue weighted by atomic mass is 35.5. The molecule has 0 aromatic heterocycles. The molecule has 2 fully saturated rings. The summed E-state index contributed by atoms with van der Waals surface area (Å²) in [5.74, 6) is 1.02. The van der Waals surface area contributed by atoms with Crippen LogP contribution in [0.15, 0.2) is 0 Å². The van der Waals surface area contributed by atoms with Gasteiger partial charge in [-0.25, -0.2) is 0 Å². The number of hydrogen-bond donors (Lipinski definition) is 2. The van der Waals surface area contributed by atoms with Crippen LogP contribution >= 0.6 is 12.4 Å².